The van der Waals surface area contributed by atoms with E-state index in [4.69, 9.17) is 21.3 Å². The Kier molecular flexibility index (Phi) is 6.75. The number of aliphatic imine (C=N–C) groups is 1. The SMILES string of the molecule is CC1=NC2=C(C(=O)C[C@H](c3ccc(Cl)cc3)C2)[C@@H](c2cccc(O)c2)C1C(=O)OCc1ccccc1. The summed E-state index contributed by atoms with van der Waals surface area (Å²) in [5, 5.41) is 10.8. The van der Waals surface area contributed by atoms with Crippen molar-refractivity contribution in [3.05, 3.63) is 112 Å². The smallest absolute Gasteiger partial charge is 0.315 e. The Bertz CT molecular complexity index is 1360. The van der Waals surface area contributed by atoms with Crippen molar-refractivity contribution in [1.82, 2.24) is 0 Å². The number of hydrogen-bond acceptors (Lipinski definition) is 5. The normalized spacial score (nSPS) is 21.6. The Balaban J connectivity index is 1.51. The molecule has 0 fully saturated rings. The Morgan fingerprint density at radius 2 is 1.75 bits per heavy atom. The maximum Gasteiger partial charge on any atom is 0.315 e. The number of esters is 1. The van der Waals surface area contributed by atoms with Gasteiger partial charge in [0, 0.05) is 34.3 Å². The highest BCUT2D eigenvalue weighted by Gasteiger charge is 2.44. The lowest BCUT2D eigenvalue weighted by atomic mass is 9.69. The van der Waals surface area contributed by atoms with E-state index in [9.17, 15) is 14.7 Å². The molecule has 3 atom stereocenters. The third kappa shape index (κ3) is 4.84. The van der Waals surface area contributed by atoms with E-state index in [1.165, 1.54) is 0 Å². The van der Waals surface area contributed by atoms with Crippen molar-refractivity contribution in [3.63, 3.8) is 0 Å². The monoisotopic (exact) mass is 499 g/mol. The van der Waals surface area contributed by atoms with Crippen LogP contribution in [0.4, 0.5) is 0 Å². The van der Waals surface area contributed by atoms with Gasteiger partial charge >= 0.3 is 5.97 Å². The van der Waals surface area contributed by atoms with Crippen LogP contribution >= 0.6 is 11.6 Å². The van der Waals surface area contributed by atoms with E-state index in [1.807, 2.05) is 67.6 Å². The van der Waals surface area contributed by atoms with E-state index >= 15 is 0 Å². The average molecular weight is 500 g/mol. The zero-order chi connectivity index (χ0) is 25.2. The fourth-order valence-electron chi connectivity index (χ4n) is 5.23. The molecule has 0 spiro atoms. The van der Waals surface area contributed by atoms with Gasteiger partial charge < -0.3 is 9.84 Å². The molecule has 36 heavy (non-hydrogen) atoms. The third-order valence-corrected chi connectivity index (χ3v) is 7.19. The van der Waals surface area contributed by atoms with Crippen molar-refractivity contribution in [1.29, 1.82) is 0 Å². The van der Waals surface area contributed by atoms with Gasteiger partial charge in [0.15, 0.2) is 5.78 Å². The number of carbonyl (C=O) groups excluding carboxylic acids is 2. The number of Topliss-reactive ketones (excluding diaryl/α,β-unsaturated/α-hetero) is 1. The molecule has 2 aliphatic rings. The highest BCUT2D eigenvalue weighted by molar-refractivity contribution is 6.30. The summed E-state index contributed by atoms with van der Waals surface area (Å²) in [6, 6.07) is 23.8. The fourth-order valence-corrected chi connectivity index (χ4v) is 5.36. The average Bonchev–Trinajstić information content (AvgIpc) is 2.87. The summed E-state index contributed by atoms with van der Waals surface area (Å²) in [5.41, 5.74) is 4.44. The molecule has 1 N–H and O–H groups in total. The number of allylic oxidation sites excluding steroid dienone is 2. The topological polar surface area (TPSA) is 76.0 Å². The van der Waals surface area contributed by atoms with Crippen LogP contribution in [0.3, 0.4) is 0 Å². The molecule has 0 radical (unpaired) electrons. The van der Waals surface area contributed by atoms with Gasteiger partial charge in [0.1, 0.15) is 18.3 Å². The van der Waals surface area contributed by atoms with Gasteiger partial charge in [-0.2, -0.15) is 0 Å². The van der Waals surface area contributed by atoms with Gasteiger partial charge in [-0.05, 0) is 60.2 Å². The number of phenols is 1. The minimum Gasteiger partial charge on any atom is -0.508 e. The zero-order valence-corrected chi connectivity index (χ0v) is 20.6. The number of ether oxygens (including phenoxy) is 1. The third-order valence-electron chi connectivity index (χ3n) is 6.94. The zero-order valence-electron chi connectivity index (χ0n) is 19.9. The summed E-state index contributed by atoms with van der Waals surface area (Å²) in [5.74, 6) is -1.75. The summed E-state index contributed by atoms with van der Waals surface area (Å²) in [7, 11) is 0. The van der Waals surface area contributed by atoms with Crippen LogP contribution < -0.4 is 0 Å². The van der Waals surface area contributed by atoms with E-state index < -0.39 is 17.8 Å². The Morgan fingerprint density at radius 1 is 1.00 bits per heavy atom. The van der Waals surface area contributed by atoms with Gasteiger partial charge in [0.25, 0.3) is 0 Å². The molecule has 3 aromatic carbocycles. The second kappa shape index (κ2) is 10.1. The van der Waals surface area contributed by atoms with Crippen LogP contribution in [0.5, 0.6) is 5.75 Å². The summed E-state index contributed by atoms with van der Waals surface area (Å²) in [4.78, 5) is 31.9. The number of rotatable bonds is 5. The highest BCUT2D eigenvalue weighted by atomic mass is 35.5. The Labute approximate surface area is 215 Å². The molecule has 0 bridgehead atoms. The highest BCUT2D eigenvalue weighted by Crippen LogP contribution is 2.47. The second-order valence-electron chi connectivity index (χ2n) is 9.34. The van der Waals surface area contributed by atoms with Gasteiger partial charge in [-0.25, -0.2) is 0 Å². The molecule has 1 unspecified atom stereocenters. The predicted octanol–water partition coefficient (Wildman–Crippen LogP) is 6.36. The molecule has 182 valence electrons. The molecule has 1 aliphatic carbocycles. The molecular weight excluding hydrogens is 474 g/mol. The van der Waals surface area contributed by atoms with E-state index in [1.54, 1.807) is 18.2 Å². The molecule has 5 rings (SSSR count). The first kappa shape index (κ1) is 24.0. The number of nitrogens with zero attached hydrogens (tertiary/aromatic N) is 1. The number of hydrogen-bond donors (Lipinski definition) is 1. The van der Waals surface area contributed by atoms with Gasteiger partial charge in [-0.1, -0.05) is 66.2 Å². The molecule has 0 amide bonds. The van der Waals surface area contributed by atoms with Crippen LogP contribution in [0.1, 0.15) is 48.3 Å². The van der Waals surface area contributed by atoms with Gasteiger partial charge in [-0.3, -0.25) is 14.6 Å². The summed E-state index contributed by atoms with van der Waals surface area (Å²) >= 11 is 6.06. The molecule has 3 aromatic rings. The van der Waals surface area contributed by atoms with Crippen LogP contribution in [-0.2, 0) is 20.9 Å². The minimum absolute atomic E-state index is 0.0172. The maximum absolute atomic E-state index is 13.6. The van der Waals surface area contributed by atoms with Crippen LogP contribution in [0, 0.1) is 5.92 Å². The number of ketones is 1. The molecule has 1 aliphatic heterocycles. The van der Waals surface area contributed by atoms with Crippen molar-refractivity contribution < 1.29 is 19.4 Å². The van der Waals surface area contributed by atoms with Gasteiger partial charge in [0.05, 0.1) is 0 Å². The van der Waals surface area contributed by atoms with E-state index in [0.29, 0.717) is 40.4 Å². The first-order valence-corrected chi connectivity index (χ1v) is 12.3. The molecule has 6 heteroatoms. The number of phenolic OH excluding ortho intramolecular Hbond substituents is 1. The quantitative estimate of drug-likeness (QED) is 0.414. The molecular formula is C30H26ClNO4. The van der Waals surface area contributed by atoms with Crippen LogP contribution in [0.25, 0.3) is 0 Å². The molecule has 0 aromatic heterocycles. The van der Waals surface area contributed by atoms with E-state index in [-0.39, 0.29) is 24.1 Å². The molecule has 0 saturated heterocycles. The van der Waals surface area contributed by atoms with E-state index in [0.717, 1.165) is 11.1 Å². The van der Waals surface area contributed by atoms with Crippen LogP contribution in [0.2, 0.25) is 5.02 Å². The first-order chi connectivity index (χ1) is 17.4. The largest absolute Gasteiger partial charge is 0.508 e. The lowest BCUT2D eigenvalue weighted by Gasteiger charge is -2.36. The number of carbonyl (C=O) groups is 2. The van der Waals surface area contributed by atoms with Crippen LogP contribution in [0.15, 0.2) is 95.1 Å². The predicted molar refractivity (Wildman–Crippen MR) is 139 cm³/mol. The van der Waals surface area contributed by atoms with Gasteiger partial charge in [0.2, 0.25) is 0 Å². The Morgan fingerprint density at radius 3 is 2.47 bits per heavy atom. The van der Waals surface area contributed by atoms with Crippen molar-refractivity contribution in [2.75, 3.05) is 0 Å². The second-order valence-corrected chi connectivity index (χ2v) is 9.77. The van der Waals surface area contributed by atoms with Crippen LogP contribution in [-0.4, -0.2) is 22.6 Å². The molecule has 5 nitrogen and oxygen atoms in total. The van der Waals surface area contributed by atoms with Crippen molar-refractivity contribution in [2.24, 2.45) is 10.9 Å². The van der Waals surface area contributed by atoms with Crippen molar-refractivity contribution >= 4 is 29.1 Å². The summed E-state index contributed by atoms with van der Waals surface area (Å²) in [6.07, 6.45) is 0.900. The fraction of sp³-hybridized carbons (Fsp3) is 0.233. The molecule has 0 saturated carbocycles. The first-order valence-electron chi connectivity index (χ1n) is 12.0. The molecule has 1 heterocycles. The number of halogens is 1. The summed E-state index contributed by atoms with van der Waals surface area (Å²) in [6.45, 7) is 1.94. The van der Waals surface area contributed by atoms with Crippen molar-refractivity contribution in [3.8, 4) is 5.75 Å². The summed E-state index contributed by atoms with van der Waals surface area (Å²) < 4.78 is 5.71. The lowest BCUT2D eigenvalue weighted by Crippen LogP contribution is -2.38. The van der Waals surface area contributed by atoms with Gasteiger partial charge in [-0.15, -0.1) is 0 Å². The minimum atomic E-state index is -0.759. The number of benzene rings is 3. The van der Waals surface area contributed by atoms with Crippen molar-refractivity contribution in [2.45, 2.75) is 38.2 Å². The van der Waals surface area contributed by atoms with E-state index in [2.05, 4.69) is 0 Å². The maximum atomic E-state index is 13.6. The number of aromatic hydroxyl groups is 1. The Hall–Kier alpha value is -3.70. The standard InChI is InChI=1S/C30H26ClNO4/c1-18-27(30(35)36-17-19-6-3-2-4-7-19)28(21-8-5-9-24(33)14-21)29-25(32-18)15-22(16-26(29)34)20-10-12-23(31)13-11-20/h2-14,22,27-28,33H,15-17H2,1H3/t22-,27?,28+/m1/s1. The lowest BCUT2D eigenvalue weighted by molar-refractivity contribution is -0.148.